The van der Waals surface area contributed by atoms with Crippen molar-refractivity contribution < 1.29 is 34.3 Å². The van der Waals surface area contributed by atoms with E-state index in [4.69, 9.17) is 15.5 Å². The van der Waals surface area contributed by atoms with Crippen LogP contribution in [0.2, 0.25) is 0 Å². The van der Waals surface area contributed by atoms with E-state index < -0.39 is 0 Å². The Labute approximate surface area is 498 Å². The molecule has 0 N–H and O–H groups in total. The van der Waals surface area contributed by atoms with Gasteiger partial charge in [0.25, 0.3) is 0 Å². The van der Waals surface area contributed by atoms with Crippen LogP contribution in [0.5, 0.6) is 11.5 Å². The first-order chi connectivity index (χ1) is 39.0. The number of anilines is 4. The van der Waals surface area contributed by atoms with Gasteiger partial charge in [0.1, 0.15) is 17.0 Å². The van der Waals surface area contributed by atoms with Gasteiger partial charge in [-0.1, -0.05) is 200 Å². The average Bonchev–Trinajstić information content (AvgIpc) is 1.80. The number of rotatable bonds is 7. The van der Waals surface area contributed by atoms with Gasteiger partial charge in [0.15, 0.2) is 0 Å². The minimum Gasteiger partial charge on any atom is -0.509 e. The topological polar surface area (TPSA) is 46.7 Å². The fourth-order valence-corrected chi connectivity index (χ4v) is 11.0. The molecule has 0 atom stereocenters. The zero-order valence-corrected chi connectivity index (χ0v) is 51.6. The molecule has 414 valence electrons. The second kappa shape index (κ2) is 19.9. The van der Waals surface area contributed by atoms with Crippen molar-refractivity contribution in [3.63, 3.8) is 0 Å². The van der Waals surface area contributed by atoms with Gasteiger partial charge in [0, 0.05) is 83.2 Å². The van der Waals surface area contributed by atoms with E-state index in [1.165, 1.54) is 33.4 Å². The molecule has 1 aliphatic heterocycles. The Kier molecular flexibility index (Phi) is 12.7. The van der Waals surface area contributed by atoms with Crippen LogP contribution in [0.3, 0.4) is 0 Å². The predicted octanol–water partition coefficient (Wildman–Crippen LogP) is 20.7. The van der Waals surface area contributed by atoms with Crippen molar-refractivity contribution in [1.82, 2.24) is 9.55 Å². The van der Waals surface area contributed by atoms with Gasteiger partial charge < -0.3 is 23.5 Å². The monoisotopic (exact) mass is 1250 g/mol. The molecule has 0 unspecified atom stereocenters. The number of benzene rings is 8. The number of nitrogens with zero attached hydrogens (tertiary/aromatic N) is 4. The Morgan fingerprint density at radius 1 is 0.506 bits per heavy atom. The minimum atomic E-state index is -0.306. The Balaban J connectivity index is 0.00000736. The van der Waals surface area contributed by atoms with Gasteiger partial charge in [-0.2, -0.15) is 12.1 Å². The molecule has 4 heterocycles. The van der Waals surface area contributed by atoms with Gasteiger partial charge in [-0.3, -0.25) is 0 Å². The van der Waals surface area contributed by atoms with E-state index in [9.17, 15) is 2.74 Å². The van der Waals surface area contributed by atoms with Crippen molar-refractivity contribution in [2.24, 2.45) is 0 Å². The maximum atomic E-state index is 9.64. The molecule has 0 spiro atoms. The zero-order chi connectivity index (χ0) is 59.0. The summed E-state index contributed by atoms with van der Waals surface area (Å²) < 4.78 is 43.2. The molecule has 0 saturated heterocycles. The van der Waals surface area contributed by atoms with E-state index in [0.29, 0.717) is 50.3 Å². The maximum Gasteiger partial charge on any atom is 0.135 e. The first kappa shape index (κ1) is 51.7. The van der Waals surface area contributed by atoms with Crippen molar-refractivity contribution in [2.75, 3.05) is 9.80 Å². The molecule has 7 heteroatoms. The van der Waals surface area contributed by atoms with E-state index in [1.807, 2.05) is 59.2 Å². The van der Waals surface area contributed by atoms with Crippen molar-refractivity contribution >= 4 is 66.5 Å². The minimum absolute atomic E-state index is 0. The molecule has 81 heavy (non-hydrogen) atoms. The molecule has 11 aromatic rings. The summed E-state index contributed by atoms with van der Waals surface area (Å²) >= 11 is 0. The normalized spacial score (nSPS) is 13.9. The summed E-state index contributed by atoms with van der Waals surface area (Å²) in [4.78, 5) is 9.34. The first-order valence-electron chi connectivity index (χ1n) is 29.5. The molecule has 8 aromatic carbocycles. The van der Waals surface area contributed by atoms with Gasteiger partial charge in [0.05, 0.1) is 4.11 Å². The number of furan rings is 1. The number of fused-ring (bicyclic) bond motifs is 8. The number of para-hydroxylation sites is 4. The van der Waals surface area contributed by atoms with Crippen molar-refractivity contribution in [2.45, 2.75) is 131 Å². The third-order valence-electron chi connectivity index (χ3n) is 15.9. The summed E-state index contributed by atoms with van der Waals surface area (Å²) in [6, 6.07) is 58.3. The number of aromatic nitrogens is 2. The molecule has 0 aliphatic carbocycles. The molecule has 1 aliphatic rings. The zero-order valence-electron chi connectivity index (χ0n) is 52.4. The number of hydrogen-bond donors (Lipinski definition) is 0. The number of hydrogen-bond acceptors (Lipinski definition) is 5. The SMILES string of the molecule is [2H]c1cc(C(C)(C)C)cc(-n2c3[c-]c(Oc4[c-]c(N5[CH-]N(c6c(-c7cc(C(C)(C)C)cc(C(C)(C)C)c7)cccc6-c6cc(C(C)(C)C)cc(C(C)(C)C)c6)c6ccccc65)ccc4)ccc3c3c4oc5ccccc5c4c([2H])c([2H])c32)n1.[Pt]. The number of ether oxygens (including phenoxy) is 1. The average molecular weight is 1250 g/mol. The summed E-state index contributed by atoms with van der Waals surface area (Å²) in [5.74, 6) is 1.33. The molecule has 3 aromatic heterocycles. The van der Waals surface area contributed by atoms with Crippen LogP contribution in [0.25, 0.3) is 71.8 Å². The largest absolute Gasteiger partial charge is 0.509 e. The molecule has 0 amide bonds. The van der Waals surface area contributed by atoms with E-state index >= 15 is 0 Å². The molecule has 12 rings (SSSR count). The van der Waals surface area contributed by atoms with Crippen LogP contribution in [0.4, 0.5) is 22.7 Å². The second-order valence-electron chi connectivity index (χ2n) is 26.9. The Morgan fingerprint density at radius 3 is 1.64 bits per heavy atom. The summed E-state index contributed by atoms with van der Waals surface area (Å²) in [6.07, 6.45) is 0.0936. The van der Waals surface area contributed by atoms with Crippen molar-refractivity contribution in [3.8, 4) is 39.6 Å². The molecule has 6 nitrogen and oxygen atoms in total. The second-order valence-corrected chi connectivity index (χ2v) is 26.9. The Morgan fingerprint density at radius 2 is 1.05 bits per heavy atom. The Hall–Kier alpha value is -7.40. The predicted molar refractivity (Wildman–Crippen MR) is 336 cm³/mol. The summed E-state index contributed by atoms with van der Waals surface area (Å²) in [5.41, 5.74) is 16.0. The Bertz CT molecular complexity index is 4260. The van der Waals surface area contributed by atoms with Crippen LogP contribution in [-0.2, 0) is 48.1 Å². The van der Waals surface area contributed by atoms with Crippen LogP contribution < -0.4 is 14.5 Å². The quantitative estimate of drug-likeness (QED) is 0.149. The molecular formula is C74H73N4O2Pt-3. The van der Waals surface area contributed by atoms with E-state index in [-0.39, 0.29) is 66.4 Å². The fraction of sp³-hybridized carbons (Fsp3) is 0.270. The van der Waals surface area contributed by atoms with Crippen LogP contribution in [0.15, 0.2) is 168 Å². The summed E-state index contributed by atoms with van der Waals surface area (Å²) in [5, 5.41) is 2.77. The van der Waals surface area contributed by atoms with Crippen molar-refractivity contribution in [3.05, 3.63) is 210 Å². The number of pyridine rings is 1. The molecule has 0 saturated carbocycles. The van der Waals surface area contributed by atoms with E-state index in [2.05, 4.69) is 217 Å². The smallest absolute Gasteiger partial charge is 0.135 e. The van der Waals surface area contributed by atoms with Crippen LogP contribution in [0.1, 0.15) is 136 Å². The van der Waals surface area contributed by atoms with Gasteiger partial charge in [-0.15, -0.1) is 42.7 Å². The van der Waals surface area contributed by atoms with Crippen LogP contribution >= 0.6 is 0 Å². The maximum absolute atomic E-state index is 9.64. The van der Waals surface area contributed by atoms with E-state index in [0.717, 1.165) is 50.2 Å². The molecule has 0 radical (unpaired) electrons. The fourth-order valence-electron chi connectivity index (χ4n) is 11.0. The third-order valence-corrected chi connectivity index (χ3v) is 15.9. The molecule has 0 fully saturated rings. The van der Waals surface area contributed by atoms with Gasteiger partial charge in [-0.05, 0) is 114 Å². The summed E-state index contributed by atoms with van der Waals surface area (Å²) in [6.45, 7) is 36.1. The molecule has 0 bridgehead atoms. The van der Waals surface area contributed by atoms with Gasteiger partial charge >= 0.3 is 0 Å². The van der Waals surface area contributed by atoms with E-state index in [1.54, 1.807) is 6.07 Å². The molecular weight excluding hydrogens is 1170 g/mol. The third kappa shape index (κ3) is 10.2. The first-order valence-corrected chi connectivity index (χ1v) is 28.0. The standard InChI is InChI=1S/C74H73N4O2.Pt/c1-70(2,3)48-34-35-75-66(42-48)78-63-33-32-59-58-24-16-19-29-65(58)80-69(59)67(63)60-31-30-55(44-64(60)78)79-54-23-20-22-53(43-54)76-45-77(62-28-18-17-27-61(62)76)68-56(46-36-49(71(4,5)6)40-50(37-46)72(7,8)9)25-21-26-57(68)47-38-51(73(10,11)12)41-52(39-47)74(13,14)15;/h16-42,45H,1-15H3;/q-3;/i32D,33D,35D;. The van der Waals surface area contributed by atoms with Crippen molar-refractivity contribution in [1.29, 1.82) is 0 Å². The van der Waals surface area contributed by atoms with Gasteiger partial charge in [-0.25, -0.2) is 4.98 Å². The van der Waals surface area contributed by atoms with Crippen LogP contribution in [0, 0.1) is 18.8 Å². The summed E-state index contributed by atoms with van der Waals surface area (Å²) in [7, 11) is 0. The van der Waals surface area contributed by atoms with Crippen LogP contribution in [-0.4, -0.2) is 9.55 Å². The van der Waals surface area contributed by atoms with Gasteiger partial charge in [0.2, 0.25) is 0 Å².